The molecular weight excluding hydrogens is 368 g/mol. The van der Waals surface area contributed by atoms with Gasteiger partial charge in [0.1, 0.15) is 0 Å². The number of rotatable bonds is 6. The molecule has 0 saturated heterocycles. The lowest BCUT2D eigenvalue weighted by Crippen LogP contribution is -2.21. The van der Waals surface area contributed by atoms with E-state index in [2.05, 4.69) is 5.10 Å². The highest BCUT2D eigenvalue weighted by molar-refractivity contribution is 6.04. The van der Waals surface area contributed by atoms with E-state index in [9.17, 15) is 9.59 Å². The fourth-order valence-electron chi connectivity index (χ4n) is 3.06. The van der Waals surface area contributed by atoms with E-state index in [1.807, 2.05) is 60.7 Å². The maximum atomic E-state index is 12.6. The molecule has 0 aliphatic rings. The maximum Gasteiger partial charge on any atom is 0.339 e. The van der Waals surface area contributed by atoms with Crippen molar-refractivity contribution < 1.29 is 14.3 Å². The number of fused-ring (bicyclic) bond motifs is 1. The van der Waals surface area contributed by atoms with Crippen LogP contribution in [-0.4, -0.2) is 33.2 Å². The number of ether oxygens (including phenoxy) is 1. The van der Waals surface area contributed by atoms with E-state index in [1.54, 1.807) is 16.9 Å². The highest BCUT2D eigenvalue weighted by atomic mass is 16.5. The Morgan fingerprint density at radius 1 is 1.00 bits per heavy atom. The van der Waals surface area contributed by atoms with Crippen molar-refractivity contribution in [1.29, 1.82) is 0 Å². The summed E-state index contributed by atoms with van der Waals surface area (Å²) in [6.45, 7) is 0.0207. The van der Waals surface area contributed by atoms with Crippen molar-refractivity contribution in [2.75, 3.05) is 6.61 Å². The van der Waals surface area contributed by atoms with Gasteiger partial charge in [-0.2, -0.15) is 5.10 Å². The number of nitrogens with two attached hydrogens (primary N) is 1. The van der Waals surface area contributed by atoms with E-state index < -0.39 is 18.5 Å². The number of aromatic nitrogens is 3. The Morgan fingerprint density at radius 3 is 2.38 bits per heavy atom. The topological polar surface area (TPSA) is 100 Å². The zero-order chi connectivity index (χ0) is 20.2. The zero-order valence-electron chi connectivity index (χ0n) is 15.5. The summed E-state index contributed by atoms with van der Waals surface area (Å²) >= 11 is 0. The van der Waals surface area contributed by atoms with Crippen LogP contribution in [0.1, 0.15) is 15.9 Å². The predicted octanol–water partition coefficient (Wildman–Crippen LogP) is 2.79. The average Bonchev–Trinajstić information content (AvgIpc) is 3.15. The second kappa shape index (κ2) is 7.93. The number of carbonyl (C=O) groups excluding carboxylic acids is 2. The molecule has 2 heterocycles. The van der Waals surface area contributed by atoms with Gasteiger partial charge in [-0.05, 0) is 11.6 Å². The van der Waals surface area contributed by atoms with Gasteiger partial charge in [0, 0.05) is 5.56 Å². The number of nitrogens with zero attached hydrogens (tertiary/aromatic N) is 3. The van der Waals surface area contributed by atoms with Gasteiger partial charge in [-0.3, -0.25) is 4.79 Å². The smallest absolute Gasteiger partial charge is 0.339 e. The number of primary amides is 1. The minimum absolute atomic E-state index is 0.286. The second-order valence-corrected chi connectivity index (χ2v) is 6.49. The summed E-state index contributed by atoms with van der Waals surface area (Å²) in [4.78, 5) is 28.4. The molecule has 2 aromatic carbocycles. The summed E-state index contributed by atoms with van der Waals surface area (Å²) in [6.07, 6.45) is 1.58. The number of carbonyl (C=O) groups is 2. The lowest BCUT2D eigenvalue weighted by Gasteiger charge is -2.09. The molecule has 2 N–H and O–H groups in total. The SMILES string of the molecule is NC(=O)COC(=O)c1cc(-c2ccccc2)nc2c1cnn2Cc1ccccc1. The summed E-state index contributed by atoms with van der Waals surface area (Å²) < 4.78 is 6.78. The Hall–Kier alpha value is -4.00. The van der Waals surface area contributed by atoms with Crippen LogP contribution in [-0.2, 0) is 16.1 Å². The van der Waals surface area contributed by atoms with Crippen LogP contribution in [0, 0.1) is 0 Å². The van der Waals surface area contributed by atoms with Crippen LogP contribution in [0.2, 0.25) is 0 Å². The lowest BCUT2D eigenvalue weighted by atomic mass is 10.1. The first kappa shape index (κ1) is 18.4. The van der Waals surface area contributed by atoms with Crippen LogP contribution in [0.25, 0.3) is 22.3 Å². The Bertz CT molecular complexity index is 1170. The van der Waals surface area contributed by atoms with Gasteiger partial charge in [-0.15, -0.1) is 0 Å². The summed E-state index contributed by atoms with van der Waals surface area (Å²) in [5.41, 5.74) is 8.46. The van der Waals surface area contributed by atoms with Crippen LogP contribution < -0.4 is 5.73 Å². The third-order valence-electron chi connectivity index (χ3n) is 4.42. The van der Waals surface area contributed by atoms with Gasteiger partial charge in [0.15, 0.2) is 12.3 Å². The molecule has 29 heavy (non-hydrogen) atoms. The molecule has 0 spiro atoms. The van der Waals surface area contributed by atoms with E-state index in [0.717, 1.165) is 11.1 Å². The largest absolute Gasteiger partial charge is 0.452 e. The molecule has 0 aliphatic heterocycles. The van der Waals surface area contributed by atoms with Crippen molar-refractivity contribution in [2.45, 2.75) is 6.54 Å². The molecule has 0 radical (unpaired) electrons. The van der Waals surface area contributed by atoms with Crippen molar-refractivity contribution in [3.8, 4) is 11.3 Å². The molecule has 0 aliphatic carbocycles. The van der Waals surface area contributed by atoms with Gasteiger partial charge in [-0.25, -0.2) is 14.5 Å². The molecule has 7 heteroatoms. The molecule has 0 atom stereocenters. The fourth-order valence-corrected chi connectivity index (χ4v) is 3.06. The quantitative estimate of drug-likeness (QED) is 0.514. The van der Waals surface area contributed by atoms with Crippen molar-refractivity contribution in [3.63, 3.8) is 0 Å². The molecule has 7 nitrogen and oxygen atoms in total. The van der Waals surface area contributed by atoms with Gasteiger partial charge < -0.3 is 10.5 Å². The Labute approximate surface area is 166 Å². The van der Waals surface area contributed by atoms with Crippen LogP contribution in [0.4, 0.5) is 0 Å². The van der Waals surface area contributed by atoms with Crippen molar-refractivity contribution in [2.24, 2.45) is 5.73 Å². The molecule has 0 unspecified atom stereocenters. The minimum Gasteiger partial charge on any atom is -0.452 e. The monoisotopic (exact) mass is 386 g/mol. The van der Waals surface area contributed by atoms with Crippen molar-refractivity contribution in [1.82, 2.24) is 14.8 Å². The van der Waals surface area contributed by atoms with Crippen LogP contribution >= 0.6 is 0 Å². The Morgan fingerprint density at radius 2 is 1.69 bits per heavy atom. The second-order valence-electron chi connectivity index (χ2n) is 6.49. The van der Waals surface area contributed by atoms with Crippen LogP contribution in [0.15, 0.2) is 72.9 Å². The first-order valence-corrected chi connectivity index (χ1v) is 9.03. The molecule has 1 amide bonds. The first-order valence-electron chi connectivity index (χ1n) is 9.03. The molecule has 0 bridgehead atoms. The van der Waals surface area contributed by atoms with Crippen LogP contribution in [0.3, 0.4) is 0 Å². The number of amides is 1. The molecular formula is C22H18N4O3. The van der Waals surface area contributed by atoms with Gasteiger partial charge in [0.2, 0.25) is 0 Å². The third kappa shape index (κ3) is 3.98. The molecule has 144 valence electrons. The van der Waals surface area contributed by atoms with E-state index in [1.165, 1.54) is 0 Å². The molecule has 4 rings (SSSR count). The first-order chi connectivity index (χ1) is 14.1. The summed E-state index contributed by atoms with van der Waals surface area (Å²) in [7, 11) is 0. The molecule has 0 fully saturated rings. The molecule has 4 aromatic rings. The number of esters is 1. The van der Waals surface area contributed by atoms with Gasteiger partial charge in [0.25, 0.3) is 5.91 Å². The lowest BCUT2D eigenvalue weighted by molar-refractivity contribution is -0.121. The fraction of sp³-hybridized carbons (Fsp3) is 0.0909. The summed E-state index contributed by atoms with van der Waals surface area (Å²) in [5.74, 6) is -1.36. The van der Waals surface area contributed by atoms with Crippen LogP contribution in [0.5, 0.6) is 0 Å². The average molecular weight is 386 g/mol. The van der Waals surface area contributed by atoms with E-state index in [4.69, 9.17) is 15.5 Å². The van der Waals surface area contributed by atoms with Gasteiger partial charge in [-0.1, -0.05) is 60.7 Å². The standard InChI is InChI=1S/C22H18N4O3/c23-20(27)14-29-22(28)17-11-19(16-9-5-2-6-10-16)25-21-18(17)12-24-26(21)13-15-7-3-1-4-8-15/h1-12H,13-14H2,(H2,23,27). The number of benzene rings is 2. The summed E-state index contributed by atoms with van der Waals surface area (Å²) in [5, 5.41) is 4.97. The highest BCUT2D eigenvalue weighted by Crippen LogP contribution is 2.26. The van der Waals surface area contributed by atoms with E-state index in [-0.39, 0.29) is 5.56 Å². The van der Waals surface area contributed by atoms with E-state index >= 15 is 0 Å². The Kier molecular flexibility index (Phi) is 5.03. The minimum atomic E-state index is -0.716. The van der Waals surface area contributed by atoms with Gasteiger partial charge >= 0.3 is 5.97 Å². The summed E-state index contributed by atoms with van der Waals surface area (Å²) in [6, 6.07) is 21.0. The number of hydrogen-bond donors (Lipinski definition) is 1. The van der Waals surface area contributed by atoms with Crippen molar-refractivity contribution >= 4 is 22.9 Å². The van der Waals surface area contributed by atoms with Crippen molar-refractivity contribution in [3.05, 3.63) is 84.1 Å². The predicted molar refractivity (Wildman–Crippen MR) is 108 cm³/mol. The maximum absolute atomic E-state index is 12.6. The number of hydrogen-bond acceptors (Lipinski definition) is 5. The molecule has 2 aromatic heterocycles. The Balaban J connectivity index is 1.82. The third-order valence-corrected chi connectivity index (χ3v) is 4.42. The zero-order valence-corrected chi connectivity index (χ0v) is 15.5. The molecule has 0 saturated carbocycles. The highest BCUT2D eigenvalue weighted by Gasteiger charge is 2.19. The number of pyridine rings is 1. The normalized spacial score (nSPS) is 10.8. The van der Waals surface area contributed by atoms with Gasteiger partial charge in [0.05, 0.1) is 29.4 Å². The van der Waals surface area contributed by atoms with E-state index in [0.29, 0.717) is 23.3 Å².